The molecule has 1 aromatic heterocycles. The van der Waals surface area contributed by atoms with Gasteiger partial charge in [0.2, 0.25) is 5.76 Å². The molecule has 0 amide bonds. The van der Waals surface area contributed by atoms with Gasteiger partial charge >= 0.3 is 5.97 Å². The molecule has 102 valence electrons. The molecule has 0 saturated carbocycles. The summed E-state index contributed by atoms with van der Waals surface area (Å²) in [4.78, 5) is 12.9. The van der Waals surface area contributed by atoms with Crippen LogP contribution in [-0.2, 0) is 0 Å². The molecule has 1 aromatic rings. The van der Waals surface area contributed by atoms with Crippen molar-refractivity contribution in [2.45, 2.75) is 39.8 Å². The number of carboxylic acid groups (broad SMARTS) is 1. The Balaban J connectivity index is 2.42. The maximum Gasteiger partial charge on any atom is 0.371 e. The van der Waals surface area contributed by atoms with Crippen molar-refractivity contribution in [3.05, 3.63) is 17.9 Å². The number of rotatable bonds is 7. The van der Waals surface area contributed by atoms with Crippen LogP contribution >= 0.6 is 0 Å². The quantitative estimate of drug-likeness (QED) is 0.811. The van der Waals surface area contributed by atoms with Crippen LogP contribution in [0.3, 0.4) is 0 Å². The van der Waals surface area contributed by atoms with Crippen molar-refractivity contribution in [1.82, 2.24) is 4.90 Å². The van der Waals surface area contributed by atoms with Crippen molar-refractivity contribution in [2.24, 2.45) is 0 Å². The van der Waals surface area contributed by atoms with Crippen molar-refractivity contribution in [2.75, 3.05) is 13.2 Å². The molecule has 1 N–H and O–H groups in total. The molecule has 1 rings (SSSR count). The predicted octanol–water partition coefficient (Wildman–Crippen LogP) is 2.48. The maximum atomic E-state index is 10.6. The minimum atomic E-state index is -1.09. The number of furan rings is 1. The molecular weight excluding hydrogens is 234 g/mol. The second-order valence-electron chi connectivity index (χ2n) is 4.70. The van der Waals surface area contributed by atoms with E-state index < -0.39 is 5.97 Å². The second kappa shape index (κ2) is 6.44. The SMILES string of the molecule is CC(C)N(CCOc1ccc(C(=O)O)o1)C(C)C. The highest BCUT2D eigenvalue weighted by atomic mass is 16.6. The molecule has 5 nitrogen and oxygen atoms in total. The summed E-state index contributed by atoms with van der Waals surface area (Å²) >= 11 is 0. The molecule has 0 saturated heterocycles. The molecular formula is C13H21NO4. The van der Waals surface area contributed by atoms with Crippen molar-refractivity contribution in [3.8, 4) is 5.95 Å². The Bertz CT molecular complexity index is 376. The van der Waals surface area contributed by atoms with E-state index in [1.807, 2.05) is 0 Å². The van der Waals surface area contributed by atoms with E-state index in [2.05, 4.69) is 32.6 Å². The van der Waals surface area contributed by atoms with Gasteiger partial charge in [-0.15, -0.1) is 0 Å². The first-order chi connectivity index (χ1) is 8.41. The van der Waals surface area contributed by atoms with Gasteiger partial charge in [0.05, 0.1) is 0 Å². The summed E-state index contributed by atoms with van der Waals surface area (Å²) in [7, 11) is 0. The molecule has 0 radical (unpaired) electrons. The molecule has 0 bridgehead atoms. The lowest BCUT2D eigenvalue weighted by atomic mass is 10.2. The van der Waals surface area contributed by atoms with E-state index in [9.17, 15) is 4.79 Å². The zero-order valence-electron chi connectivity index (χ0n) is 11.3. The third-order valence-electron chi connectivity index (χ3n) is 2.71. The topological polar surface area (TPSA) is 62.9 Å². The van der Waals surface area contributed by atoms with Crippen molar-refractivity contribution < 1.29 is 19.1 Å². The van der Waals surface area contributed by atoms with E-state index in [1.54, 1.807) is 0 Å². The van der Waals surface area contributed by atoms with Gasteiger partial charge < -0.3 is 14.3 Å². The van der Waals surface area contributed by atoms with Gasteiger partial charge in [0, 0.05) is 24.7 Å². The van der Waals surface area contributed by atoms with E-state index in [-0.39, 0.29) is 11.7 Å². The van der Waals surface area contributed by atoms with Crippen LogP contribution in [0.25, 0.3) is 0 Å². The molecule has 1 heterocycles. The van der Waals surface area contributed by atoms with Gasteiger partial charge in [-0.25, -0.2) is 4.79 Å². The molecule has 0 atom stereocenters. The fraction of sp³-hybridized carbons (Fsp3) is 0.615. The number of hydrogen-bond acceptors (Lipinski definition) is 4. The lowest BCUT2D eigenvalue weighted by Gasteiger charge is -2.30. The summed E-state index contributed by atoms with van der Waals surface area (Å²) in [6.07, 6.45) is 0. The Morgan fingerprint density at radius 3 is 2.39 bits per heavy atom. The first-order valence-corrected chi connectivity index (χ1v) is 6.13. The highest BCUT2D eigenvalue weighted by molar-refractivity contribution is 5.84. The van der Waals surface area contributed by atoms with Crippen LogP contribution in [0.1, 0.15) is 38.2 Å². The third-order valence-corrected chi connectivity index (χ3v) is 2.71. The van der Waals surface area contributed by atoms with E-state index in [0.717, 1.165) is 6.54 Å². The average Bonchev–Trinajstić information content (AvgIpc) is 2.71. The van der Waals surface area contributed by atoms with Crippen molar-refractivity contribution in [3.63, 3.8) is 0 Å². The van der Waals surface area contributed by atoms with Gasteiger partial charge in [0.1, 0.15) is 6.61 Å². The second-order valence-corrected chi connectivity index (χ2v) is 4.70. The summed E-state index contributed by atoms with van der Waals surface area (Å²) in [6.45, 7) is 9.79. The van der Waals surface area contributed by atoms with Crippen molar-refractivity contribution >= 4 is 5.97 Å². The highest BCUT2D eigenvalue weighted by Crippen LogP contribution is 2.16. The van der Waals surface area contributed by atoms with Crippen LogP contribution in [0.5, 0.6) is 5.95 Å². The average molecular weight is 255 g/mol. The summed E-state index contributed by atoms with van der Waals surface area (Å²) in [5.74, 6) is -0.940. The van der Waals surface area contributed by atoms with Crippen LogP contribution in [0.4, 0.5) is 0 Å². The highest BCUT2D eigenvalue weighted by Gasteiger charge is 2.14. The standard InChI is InChI=1S/C13H21NO4/c1-9(2)14(10(3)4)7-8-17-12-6-5-11(18-12)13(15)16/h5-6,9-10H,7-8H2,1-4H3,(H,15,16). The number of ether oxygens (including phenoxy) is 1. The number of hydrogen-bond donors (Lipinski definition) is 1. The molecule has 0 spiro atoms. The maximum absolute atomic E-state index is 10.6. The van der Waals surface area contributed by atoms with Crippen LogP contribution < -0.4 is 4.74 Å². The van der Waals surface area contributed by atoms with Gasteiger partial charge in [-0.3, -0.25) is 4.90 Å². The van der Waals surface area contributed by atoms with E-state index >= 15 is 0 Å². The summed E-state index contributed by atoms with van der Waals surface area (Å²) < 4.78 is 10.4. The summed E-state index contributed by atoms with van der Waals surface area (Å²) in [5, 5.41) is 8.70. The first-order valence-electron chi connectivity index (χ1n) is 6.13. The fourth-order valence-corrected chi connectivity index (χ4v) is 1.88. The summed E-state index contributed by atoms with van der Waals surface area (Å²) in [5.41, 5.74) is 0. The van der Waals surface area contributed by atoms with E-state index in [0.29, 0.717) is 18.7 Å². The Hall–Kier alpha value is -1.49. The Labute approximate surface area is 107 Å². The zero-order chi connectivity index (χ0) is 13.7. The normalized spacial score (nSPS) is 11.5. The van der Waals surface area contributed by atoms with Crippen molar-refractivity contribution in [1.29, 1.82) is 0 Å². The lowest BCUT2D eigenvalue weighted by molar-refractivity contribution is 0.0650. The fourth-order valence-electron chi connectivity index (χ4n) is 1.88. The molecule has 0 aliphatic carbocycles. The molecule has 0 unspecified atom stereocenters. The van der Waals surface area contributed by atoms with Gasteiger partial charge in [-0.1, -0.05) is 0 Å². The monoisotopic (exact) mass is 255 g/mol. The van der Waals surface area contributed by atoms with Crippen LogP contribution in [-0.4, -0.2) is 41.2 Å². The number of carboxylic acids is 1. The smallest absolute Gasteiger partial charge is 0.371 e. The summed E-state index contributed by atoms with van der Waals surface area (Å²) in [6, 6.07) is 3.80. The molecule has 18 heavy (non-hydrogen) atoms. The molecule has 0 aromatic carbocycles. The minimum Gasteiger partial charge on any atom is -0.475 e. The Morgan fingerprint density at radius 2 is 1.94 bits per heavy atom. The van der Waals surface area contributed by atoms with Crippen LogP contribution in [0, 0.1) is 0 Å². The van der Waals surface area contributed by atoms with Gasteiger partial charge in [-0.05, 0) is 33.8 Å². The zero-order valence-corrected chi connectivity index (χ0v) is 11.3. The van der Waals surface area contributed by atoms with Crippen LogP contribution in [0.15, 0.2) is 16.5 Å². The molecule has 0 aliphatic rings. The Morgan fingerprint density at radius 1 is 1.33 bits per heavy atom. The van der Waals surface area contributed by atoms with Crippen LogP contribution in [0.2, 0.25) is 0 Å². The number of carbonyl (C=O) groups is 1. The molecule has 0 aliphatic heterocycles. The largest absolute Gasteiger partial charge is 0.475 e. The minimum absolute atomic E-state index is 0.102. The Kier molecular flexibility index (Phi) is 5.22. The number of aromatic carboxylic acids is 1. The molecule has 0 fully saturated rings. The van der Waals surface area contributed by atoms with E-state index in [4.69, 9.17) is 14.3 Å². The first kappa shape index (κ1) is 14.6. The van der Waals surface area contributed by atoms with Gasteiger partial charge in [-0.2, -0.15) is 0 Å². The third kappa shape index (κ3) is 4.07. The lowest BCUT2D eigenvalue weighted by Crippen LogP contribution is -2.39. The predicted molar refractivity (Wildman–Crippen MR) is 68.1 cm³/mol. The van der Waals surface area contributed by atoms with Gasteiger partial charge in [0.25, 0.3) is 5.95 Å². The van der Waals surface area contributed by atoms with Gasteiger partial charge in [0.15, 0.2) is 0 Å². The molecule has 5 heteroatoms. The van der Waals surface area contributed by atoms with E-state index in [1.165, 1.54) is 12.1 Å². The number of nitrogens with zero attached hydrogens (tertiary/aromatic N) is 1.